The average molecular weight is 285 g/mol. The van der Waals surface area contributed by atoms with Crippen LogP contribution < -0.4 is 15.9 Å². The Morgan fingerprint density at radius 1 is 1.19 bits per heavy atom. The summed E-state index contributed by atoms with van der Waals surface area (Å²) in [6, 6.07) is 7.56. The number of amides is 4. The number of methoxy groups -OCH3 is 1. The van der Waals surface area contributed by atoms with Crippen LogP contribution in [0.5, 0.6) is 5.75 Å². The van der Waals surface area contributed by atoms with Crippen LogP contribution in [-0.2, 0) is 0 Å². The number of fused-ring (bicyclic) bond motifs is 3. The van der Waals surface area contributed by atoms with Crippen molar-refractivity contribution in [1.29, 1.82) is 0 Å². The highest BCUT2D eigenvalue weighted by atomic mass is 16.5. The van der Waals surface area contributed by atoms with Crippen LogP contribution in [0.2, 0.25) is 0 Å². The zero-order valence-electron chi connectivity index (χ0n) is 11.0. The molecule has 0 aliphatic carbocycles. The van der Waals surface area contributed by atoms with Gasteiger partial charge >= 0.3 is 6.03 Å². The maximum atomic E-state index is 12.4. The van der Waals surface area contributed by atoms with Gasteiger partial charge in [0, 0.05) is 5.39 Å². The normalized spacial score (nSPS) is 13.5. The first-order valence-corrected chi connectivity index (χ1v) is 6.09. The van der Waals surface area contributed by atoms with Gasteiger partial charge in [-0.1, -0.05) is 24.3 Å². The summed E-state index contributed by atoms with van der Waals surface area (Å²) in [6.45, 7) is 0. The Hall–Kier alpha value is -3.09. The minimum absolute atomic E-state index is 0.171. The van der Waals surface area contributed by atoms with Gasteiger partial charge in [0.25, 0.3) is 11.8 Å². The lowest BCUT2D eigenvalue weighted by molar-refractivity contribution is 0.0591. The summed E-state index contributed by atoms with van der Waals surface area (Å²) in [5, 5.41) is 1.90. The van der Waals surface area contributed by atoms with E-state index in [1.54, 1.807) is 24.3 Å². The lowest BCUT2D eigenvalue weighted by Crippen LogP contribution is -2.48. The highest BCUT2D eigenvalue weighted by Crippen LogP contribution is 2.35. The molecule has 0 saturated heterocycles. The molecule has 106 valence electrons. The van der Waals surface area contributed by atoms with E-state index in [2.05, 4.69) is 0 Å². The molecule has 0 spiro atoms. The van der Waals surface area contributed by atoms with Crippen molar-refractivity contribution >= 4 is 28.6 Å². The smallest absolute Gasteiger partial charge is 0.331 e. The molecule has 3 rings (SSSR count). The lowest BCUT2D eigenvalue weighted by atomic mass is 9.99. The highest BCUT2D eigenvalue weighted by molar-refractivity contribution is 6.27. The van der Waals surface area contributed by atoms with Gasteiger partial charge in [0.05, 0.1) is 18.2 Å². The lowest BCUT2D eigenvalue weighted by Gasteiger charge is -2.12. The topological polar surface area (TPSA) is 102 Å². The summed E-state index contributed by atoms with van der Waals surface area (Å²) in [4.78, 5) is 35.5. The quantitative estimate of drug-likeness (QED) is 0.804. The number of benzene rings is 2. The molecule has 0 fully saturated rings. The largest absolute Gasteiger partial charge is 0.496 e. The molecule has 1 heterocycles. The Morgan fingerprint density at radius 3 is 2.48 bits per heavy atom. The number of nitrogens with two attached hydrogens (primary N) is 1. The van der Waals surface area contributed by atoms with Gasteiger partial charge in [0.2, 0.25) is 0 Å². The van der Waals surface area contributed by atoms with Crippen LogP contribution in [0.4, 0.5) is 4.79 Å². The molecule has 7 heteroatoms. The third-order valence-corrected chi connectivity index (χ3v) is 3.30. The first-order valence-electron chi connectivity index (χ1n) is 6.09. The summed E-state index contributed by atoms with van der Waals surface area (Å²) < 4.78 is 5.26. The van der Waals surface area contributed by atoms with E-state index in [-0.39, 0.29) is 11.1 Å². The van der Waals surface area contributed by atoms with Crippen molar-refractivity contribution < 1.29 is 19.1 Å². The second-order valence-electron chi connectivity index (χ2n) is 4.47. The maximum absolute atomic E-state index is 12.4. The molecule has 2 aromatic rings. The van der Waals surface area contributed by atoms with Crippen LogP contribution >= 0.6 is 0 Å². The molecule has 0 aromatic heterocycles. The van der Waals surface area contributed by atoms with E-state index in [1.165, 1.54) is 13.2 Å². The summed E-state index contributed by atoms with van der Waals surface area (Å²) >= 11 is 0. The van der Waals surface area contributed by atoms with Gasteiger partial charge in [0.15, 0.2) is 0 Å². The average Bonchev–Trinajstić information content (AvgIpc) is 2.71. The second-order valence-corrected chi connectivity index (χ2v) is 4.47. The van der Waals surface area contributed by atoms with E-state index in [0.717, 1.165) is 0 Å². The minimum atomic E-state index is -0.985. The highest BCUT2D eigenvalue weighted by Gasteiger charge is 2.39. The summed E-state index contributed by atoms with van der Waals surface area (Å²) in [5.74, 6) is -0.781. The fourth-order valence-electron chi connectivity index (χ4n) is 2.45. The SMILES string of the molecule is COc1cc2c(c3ccccc13)C(=O)N(NC(N)=O)C2=O. The number of rotatable bonds is 2. The van der Waals surface area contributed by atoms with Gasteiger partial charge in [-0.25, -0.2) is 10.2 Å². The summed E-state index contributed by atoms with van der Waals surface area (Å²) in [6.07, 6.45) is 0. The van der Waals surface area contributed by atoms with Crippen molar-refractivity contribution in [3.8, 4) is 5.75 Å². The molecule has 4 amide bonds. The van der Waals surface area contributed by atoms with Gasteiger partial charge < -0.3 is 10.5 Å². The van der Waals surface area contributed by atoms with Crippen molar-refractivity contribution in [2.45, 2.75) is 0 Å². The molecule has 21 heavy (non-hydrogen) atoms. The number of urea groups is 1. The van der Waals surface area contributed by atoms with Crippen molar-refractivity contribution in [3.05, 3.63) is 41.5 Å². The van der Waals surface area contributed by atoms with Crippen molar-refractivity contribution in [2.24, 2.45) is 5.73 Å². The number of carbonyl (C=O) groups excluding carboxylic acids is 3. The van der Waals surface area contributed by atoms with Crippen molar-refractivity contribution in [2.75, 3.05) is 7.11 Å². The molecule has 0 bridgehead atoms. The van der Waals surface area contributed by atoms with Gasteiger partial charge in [0.1, 0.15) is 5.75 Å². The van der Waals surface area contributed by atoms with Crippen LogP contribution in [-0.4, -0.2) is 30.0 Å². The molecule has 7 nitrogen and oxygen atoms in total. The monoisotopic (exact) mass is 285 g/mol. The summed E-state index contributed by atoms with van der Waals surface area (Å²) in [5.41, 5.74) is 7.40. The third-order valence-electron chi connectivity index (χ3n) is 3.30. The number of hydrogen-bond acceptors (Lipinski definition) is 4. The van der Waals surface area contributed by atoms with E-state index in [1.807, 2.05) is 5.43 Å². The predicted molar refractivity (Wildman–Crippen MR) is 73.7 cm³/mol. The van der Waals surface area contributed by atoms with Crippen LogP contribution in [0, 0.1) is 0 Å². The van der Waals surface area contributed by atoms with Gasteiger partial charge in [-0.2, -0.15) is 5.01 Å². The van der Waals surface area contributed by atoms with Gasteiger partial charge in [-0.15, -0.1) is 0 Å². The van der Waals surface area contributed by atoms with E-state index in [0.29, 0.717) is 21.5 Å². The maximum Gasteiger partial charge on any atom is 0.331 e. The Balaban J connectivity index is 2.28. The molecule has 0 atom stereocenters. The molecule has 0 unspecified atom stereocenters. The van der Waals surface area contributed by atoms with Gasteiger partial charge in [-0.3, -0.25) is 9.59 Å². The number of carbonyl (C=O) groups is 3. The van der Waals surface area contributed by atoms with Crippen molar-refractivity contribution in [3.63, 3.8) is 0 Å². The number of imide groups is 1. The van der Waals surface area contributed by atoms with Crippen LogP contribution in [0.1, 0.15) is 20.7 Å². The van der Waals surface area contributed by atoms with Crippen LogP contribution in [0.15, 0.2) is 30.3 Å². The van der Waals surface area contributed by atoms with E-state index >= 15 is 0 Å². The van der Waals surface area contributed by atoms with E-state index in [9.17, 15) is 14.4 Å². The first-order chi connectivity index (χ1) is 10.0. The van der Waals surface area contributed by atoms with E-state index in [4.69, 9.17) is 10.5 Å². The zero-order chi connectivity index (χ0) is 15.1. The Labute approximate surface area is 119 Å². The first kappa shape index (κ1) is 12.9. The number of ether oxygens (including phenoxy) is 1. The third kappa shape index (κ3) is 1.78. The molecular weight excluding hydrogens is 274 g/mol. The molecule has 1 aliphatic heterocycles. The number of primary amides is 1. The number of hydrazine groups is 1. The Morgan fingerprint density at radius 2 is 1.86 bits per heavy atom. The molecule has 0 saturated carbocycles. The fourth-order valence-corrected chi connectivity index (χ4v) is 2.45. The standard InChI is InChI=1S/C14H11N3O4/c1-21-10-6-9-11(8-5-3-2-4-7(8)10)13(19)17(12(9)18)16-14(15)20/h2-6H,1H3,(H3,15,16,20). The van der Waals surface area contributed by atoms with E-state index < -0.39 is 17.8 Å². The second kappa shape index (κ2) is 4.48. The fraction of sp³-hybridized carbons (Fsp3) is 0.0714. The molecule has 0 radical (unpaired) electrons. The Kier molecular flexibility index (Phi) is 2.76. The Bertz CT molecular complexity index is 800. The molecule has 2 aromatic carbocycles. The molecule has 1 aliphatic rings. The molecule has 3 N–H and O–H groups in total. The number of nitrogens with one attached hydrogen (secondary N) is 1. The summed E-state index contributed by atoms with van der Waals surface area (Å²) in [7, 11) is 1.48. The number of nitrogens with zero attached hydrogens (tertiary/aromatic N) is 1. The minimum Gasteiger partial charge on any atom is -0.496 e. The van der Waals surface area contributed by atoms with Crippen LogP contribution in [0.25, 0.3) is 10.8 Å². The van der Waals surface area contributed by atoms with Gasteiger partial charge in [-0.05, 0) is 11.5 Å². The molecular formula is C14H11N3O4. The zero-order valence-corrected chi connectivity index (χ0v) is 11.0. The van der Waals surface area contributed by atoms with Crippen LogP contribution in [0.3, 0.4) is 0 Å². The predicted octanol–water partition coefficient (Wildman–Crippen LogP) is 1.03. The number of hydrogen-bond donors (Lipinski definition) is 2. The van der Waals surface area contributed by atoms with Crippen molar-refractivity contribution in [1.82, 2.24) is 10.4 Å².